The van der Waals surface area contributed by atoms with E-state index in [4.69, 9.17) is 5.73 Å². The van der Waals surface area contributed by atoms with Gasteiger partial charge in [-0.15, -0.1) is 11.3 Å². The Labute approximate surface area is 151 Å². The van der Waals surface area contributed by atoms with Crippen molar-refractivity contribution in [2.24, 2.45) is 5.92 Å². The number of hydrogen-bond donors (Lipinski definition) is 2. The molecular weight excluding hydrogens is 332 g/mol. The molecule has 0 spiro atoms. The number of nitrogens with zero attached hydrogens (tertiary/aromatic N) is 4. The van der Waals surface area contributed by atoms with Gasteiger partial charge in [-0.1, -0.05) is 6.07 Å². The number of hydrogen-bond acceptors (Lipinski definition) is 6. The Bertz CT molecular complexity index is 813. The highest BCUT2D eigenvalue weighted by atomic mass is 32.1. The van der Waals surface area contributed by atoms with Gasteiger partial charge in [-0.3, -0.25) is 15.0 Å². The van der Waals surface area contributed by atoms with Crippen molar-refractivity contribution in [2.75, 3.05) is 18.8 Å². The van der Waals surface area contributed by atoms with Crippen LogP contribution in [0.15, 0.2) is 36.1 Å². The molecule has 0 saturated carbocycles. The second kappa shape index (κ2) is 7.33. The summed E-state index contributed by atoms with van der Waals surface area (Å²) >= 11 is 1.74. The van der Waals surface area contributed by atoms with Crippen molar-refractivity contribution in [3.63, 3.8) is 0 Å². The summed E-state index contributed by atoms with van der Waals surface area (Å²) in [6.45, 7) is 3.11. The Morgan fingerprint density at radius 3 is 3.08 bits per heavy atom. The lowest BCUT2D eigenvalue weighted by molar-refractivity contribution is 0.166. The number of thiophene rings is 1. The maximum absolute atomic E-state index is 5.96. The van der Waals surface area contributed by atoms with Gasteiger partial charge in [-0.2, -0.15) is 5.10 Å². The van der Waals surface area contributed by atoms with Crippen LogP contribution in [0.5, 0.6) is 0 Å². The number of piperidine rings is 1. The Kier molecular flexibility index (Phi) is 4.76. The average Bonchev–Trinajstić information content (AvgIpc) is 3.28. The monoisotopic (exact) mass is 354 g/mol. The molecule has 1 saturated heterocycles. The van der Waals surface area contributed by atoms with Crippen LogP contribution in [0.25, 0.3) is 10.6 Å². The fourth-order valence-corrected chi connectivity index (χ4v) is 4.33. The molecule has 1 aliphatic heterocycles. The first kappa shape index (κ1) is 16.2. The highest BCUT2D eigenvalue weighted by molar-refractivity contribution is 7.13. The summed E-state index contributed by atoms with van der Waals surface area (Å²) in [5.41, 5.74) is 9.30. The van der Waals surface area contributed by atoms with Crippen LogP contribution in [0.3, 0.4) is 0 Å². The second-order valence-electron chi connectivity index (χ2n) is 6.58. The average molecular weight is 354 g/mol. The molecule has 1 atom stereocenters. The number of nitrogens with two attached hydrogens (primary N) is 1. The minimum absolute atomic E-state index is 0.564. The molecule has 0 radical (unpaired) electrons. The number of rotatable bonds is 5. The predicted octanol–water partition coefficient (Wildman–Crippen LogP) is 2.97. The van der Waals surface area contributed by atoms with Crippen LogP contribution in [-0.4, -0.2) is 38.2 Å². The van der Waals surface area contributed by atoms with Gasteiger partial charge in [-0.25, -0.2) is 4.98 Å². The highest BCUT2D eigenvalue weighted by Gasteiger charge is 2.23. The molecule has 1 aliphatic rings. The molecule has 0 aromatic carbocycles. The number of anilines is 1. The van der Waals surface area contributed by atoms with Crippen LogP contribution in [0.1, 0.15) is 24.1 Å². The van der Waals surface area contributed by atoms with Crippen molar-refractivity contribution >= 4 is 17.2 Å². The van der Waals surface area contributed by atoms with Gasteiger partial charge in [-0.05, 0) is 43.2 Å². The van der Waals surface area contributed by atoms with E-state index in [-0.39, 0.29) is 0 Å². The van der Waals surface area contributed by atoms with Crippen molar-refractivity contribution in [3.8, 4) is 10.6 Å². The zero-order chi connectivity index (χ0) is 17.1. The summed E-state index contributed by atoms with van der Waals surface area (Å²) in [6, 6.07) is 4.21. The van der Waals surface area contributed by atoms with Crippen molar-refractivity contribution in [2.45, 2.75) is 25.8 Å². The first-order valence-electron chi connectivity index (χ1n) is 8.63. The van der Waals surface area contributed by atoms with E-state index in [2.05, 4.69) is 42.6 Å². The molecule has 25 heavy (non-hydrogen) atoms. The molecule has 0 aliphatic carbocycles. The number of aromatic nitrogens is 4. The van der Waals surface area contributed by atoms with Gasteiger partial charge in [0.25, 0.3) is 0 Å². The number of nitrogens with one attached hydrogen (secondary N) is 1. The lowest BCUT2D eigenvalue weighted by Gasteiger charge is -2.32. The molecule has 3 N–H and O–H groups in total. The number of H-pyrrole nitrogens is 1. The van der Waals surface area contributed by atoms with Gasteiger partial charge >= 0.3 is 0 Å². The quantitative estimate of drug-likeness (QED) is 0.736. The third-order valence-electron chi connectivity index (χ3n) is 4.77. The maximum Gasteiger partial charge on any atom is 0.145 e. The number of aromatic amines is 1. The maximum atomic E-state index is 5.96. The fraction of sp³-hybridized carbons (Fsp3) is 0.389. The minimum atomic E-state index is 0.564. The van der Waals surface area contributed by atoms with E-state index in [1.807, 2.05) is 6.20 Å². The lowest BCUT2D eigenvalue weighted by atomic mass is 9.93. The first-order valence-corrected chi connectivity index (χ1v) is 9.51. The molecule has 3 aromatic rings. The zero-order valence-electron chi connectivity index (χ0n) is 14.1. The molecule has 1 unspecified atom stereocenters. The molecule has 6 nitrogen and oxygen atoms in total. The van der Waals surface area contributed by atoms with Gasteiger partial charge in [0, 0.05) is 31.0 Å². The second-order valence-corrected chi connectivity index (χ2v) is 7.53. The van der Waals surface area contributed by atoms with Crippen molar-refractivity contribution < 1.29 is 0 Å². The Balaban J connectivity index is 1.42. The van der Waals surface area contributed by atoms with E-state index in [0.717, 1.165) is 37.4 Å². The van der Waals surface area contributed by atoms with Gasteiger partial charge in [0.1, 0.15) is 5.82 Å². The minimum Gasteiger partial charge on any atom is -0.382 e. The van der Waals surface area contributed by atoms with Gasteiger partial charge in [0.15, 0.2) is 0 Å². The molecule has 4 heterocycles. The van der Waals surface area contributed by atoms with Crippen molar-refractivity contribution in [1.82, 2.24) is 25.1 Å². The summed E-state index contributed by atoms with van der Waals surface area (Å²) in [5, 5.41) is 9.52. The van der Waals surface area contributed by atoms with Crippen LogP contribution in [0.4, 0.5) is 5.82 Å². The molecule has 7 heteroatoms. The van der Waals surface area contributed by atoms with Crippen LogP contribution in [0, 0.1) is 5.92 Å². The number of likely N-dealkylation sites (tertiary alicyclic amines) is 1. The molecule has 4 rings (SSSR count). The molecule has 0 bridgehead atoms. The predicted molar refractivity (Wildman–Crippen MR) is 100 cm³/mol. The summed E-state index contributed by atoms with van der Waals surface area (Å²) < 4.78 is 0. The van der Waals surface area contributed by atoms with Gasteiger partial charge in [0.05, 0.1) is 22.5 Å². The standard InChI is InChI=1S/C18H22N6S/c19-18-15(20-5-6-21-18)9-13-3-1-7-24(11-13)12-14-10-22-23-17(14)16-4-2-8-25-16/h2,4-6,8,10,13H,1,3,7,9,11-12H2,(H2,19,21)(H,22,23). The third kappa shape index (κ3) is 3.72. The third-order valence-corrected chi connectivity index (χ3v) is 5.66. The van der Waals surface area contributed by atoms with Crippen LogP contribution in [-0.2, 0) is 13.0 Å². The molecular formula is C18H22N6S. The number of nitrogen functional groups attached to an aromatic ring is 1. The first-order chi connectivity index (χ1) is 12.3. The van der Waals surface area contributed by atoms with Crippen molar-refractivity contribution in [3.05, 3.63) is 47.4 Å². The van der Waals surface area contributed by atoms with E-state index >= 15 is 0 Å². The Hall–Kier alpha value is -2.25. The van der Waals surface area contributed by atoms with E-state index in [1.54, 1.807) is 23.7 Å². The summed E-state index contributed by atoms with van der Waals surface area (Å²) in [7, 11) is 0. The SMILES string of the molecule is Nc1nccnc1CC1CCCN(Cc2cn[nH]c2-c2cccs2)C1. The van der Waals surface area contributed by atoms with Crippen LogP contribution in [0.2, 0.25) is 0 Å². The largest absolute Gasteiger partial charge is 0.382 e. The van der Waals surface area contributed by atoms with Crippen LogP contribution >= 0.6 is 11.3 Å². The Morgan fingerprint density at radius 2 is 2.24 bits per heavy atom. The zero-order valence-corrected chi connectivity index (χ0v) is 14.9. The molecule has 1 fully saturated rings. The summed E-state index contributed by atoms with van der Waals surface area (Å²) in [6.07, 6.45) is 8.66. The summed E-state index contributed by atoms with van der Waals surface area (Å²) in [5.74, 6) is 1.14. The molecule has 130 valence electrons. The van der Waals surface area contributed by atoms with Crippen molar-refractivity contribution in [1.29, 1.82) is 0 Å². The van der Waals surface area contributed by atoms with Gasteiger partial charge in [0.2, 0.25) is 0 Å². The summed E-state index contributed by atoms with van der Waals surface area (Å²) in [4.78, 5) is 12.3. The van der Waals surface area contributed by atoms with E-state index in [9.17, 15) is 0 Å². The van der Waals surface area contributed by atoms with E-state index in [0.29, 0.717) is 11.7 Å². The van der Waals surface area contributed by atoms with E-state index < -0.39 is 0 Å². The van der Waals surface area contributed by atoms with Crippen LogP contribution < -0.4 is 5.73 Å². The van der Waals surface area contributed by atoms with E-state index in [1.165, 1.54) is 23.3 Å². The smallest absolute Gasteiger partial charge is 0.145 e. The fourth-order valence-electron chi connectivity index (χ4n) is 3.58. The molecule has 0 amide bonds. The molecule has 3 aromatic heterocycles. The highest BCUT2D eigenvalue weighted by Crippen LogP contribution is 2.28. The van der Waals surface area contributed by atoms with Gasteiger partial charge < -0.3 is 5.73 Å². The lowest BCUT2D eigenvalue weighted by Crippen LogP contribution is -2.36. The Morgan fingerprint density at radius 1 is 1.32 bits per heavy atom. The normalized spacial score (nSPS) is 18.5. The topological polar surface area (TPSA) is 83.7 Å².